The number of carbonyl (C=O) groups excluding carboxylic acids is 2. The van der Waals surface area contributed by atoms with Gasteiger partial charge in [0, 0.05) is 17.7 Å². The molecule has 0 radical (unpaired) electrons. The molecular formula is C21H19NO5. The fourth-order valence-electron chi connectivity index (χ4n) is 3.42. The molecule has 4 rings (SSSR count). The Balaban J connectivity index is 1.86. The fourth-order valence-corrected chi connectivity index (χ4v) is 3.42. The minimum absolute atomic E-state index is 0.120. The van der Waals surface area contributed by atoms with Crippen LogP contribution in [0.2, 0.25) is 0 Å². The van der Waals surface area contributed by atoms with Crippen LogP contribution in [0.15, 0.2) is 59.9 Å². The third-order valence-corrected chi connectivity index (χ3v) is 4.75. The molecule has 27 heavy (non-hydrogen) atoms. The first-order valence-corrected chi connectivity index (χ1v) is 8.74. The maximum absolute atomic E-state index is 12.9. The van der Waals surface area contributed by atoms with Crippen LogP contribution in [0.1, 0.15) is 25.5 Å². The molecule has 1 N–H and O–H groups in total. The first-order chi connectivity index (χ1) is 13.0. The van der Waals surface area contributed by atoms with Gasteiger partial charge in [-0.3, -0.25) is 14.5 Å². The van der Waals surface area contributed by atoms with E-state index in [4.69, 9.17) is 9.47 Å². The number of rotatable bonds is 4. The minimum atomic E-state index is -0.700. The number of hydrogen-bond donors (Lipinski definition) is 1. The Bertz CT molecular complexity index is 948. The van der Waals surface area contributed by atoms with Gasteiger partial charge in [0.25, 0.3) is 5.91 Å². The van der Waals surface area contributed by atoms with Crippen LogP contribution in [0.3, 0.4) is 0 Å². The second-order valence-electron chi connectivity index (χ2n) is 6.81. The van der Waals surface area contributed by atoms with Crippen molar-refractivity contribution in [2.45, 2.75) is 19.9 Å². The van der Waals surface area contributed by atoms with Gasteiger partial charge < -0.3 is 14.6 Å². The maximum atomic E-state index is 12.9. The van der Waals surface area contributed by atoms with Crippen LogP contribution in [-0.2, 0) is 9.59 Å². The molecule has 2 heterocycles. The molecule has 0 saturated heterocycles. The van der Waals surface area contributed by atoms with Crippen molar-refractivity contribution in [1.29, 1.82) is 0 Å². The molecule has 0 bridgehead atoms. The summed E-state index contributed by atoms with van der Waals surface area (Å²) in [4.78, 5) is 27.2. The fraction of sp³-hybridized carbons (Fsp3) is 0.238. The third kappa shape index (κ3) is 2.73. The van der Waals surface area contributed by atoms with Crippen LogP contribution in [0.5, 0.6) is 11.5 Å². The van der Waals surface area contributed by atoms with Gasteiger partial charge in [-0.2, -0.15) is 0 Å². The zero-order valence-corrected chi connectivity index (χ0v) is 15.0. The van der Waals surface area contributed by atoms with E-state index in [0.717, 1.165) is 5.56 Å². The highest BCUT2D eigenvalue weighted by molar-refractivity contribution is 6.16. The van der Waals surface area contributed by atoms with Crippen molar-refractivity contribution in [3.8, 4) is 11.5 Å². The summed E-state index contributed by atoms with van der Waals surface area (Å²) < 4.78 is 10.7. The topological polar surface area (TPSA) is 76.1 Å². The Hall–Kier alpha value is -3.28. The molecule has 1 unspecified atom stereocenters. The van der Waals surface area contributed by atoms with E-state index in [1.54, 1.807) is 32.0 Å². The zero-order valence-electron chi connectivity index (χ0n) is 15.0. The van der Waals surface area contributed by atoms with Crippen molar-refractivity contribution < 1.29 is 24.2 Å². The van der Waals surface area contributed by atoms with E-state index in [2.05, 4.69) is 0 Å². The van der Waals surface area contributed by atoms with Gasteiger partial charge in [-0.1, -0.05) is 44.2 Å². The number of nitrogens with zero attached hydrogens (tertiary/aromatic N) is 1. The summed E-state index contributed by atoms with van der Waals surface area (Å²) in [6.07, 6.45) is 0. The molecule has 6 nitrogen and oxygen atoms in total. The first-order valence-electron chi connectivity index (χ1n) is 8.74. The van der Waals surface area contributed by atoms with Crippen LogP contribution in [0, 0.1) is 5.92 Å². The zero-order chi connectivity index (χ0) is 19.1. The molecule has 0 aliphatic carbocycles. The summed E-state index contributed by atoms with van der Waals surface area (Å²) in [6, 6.07) is 13.6. The van der Waals surface area contributed by atoms with Gasteiger partial charge in [0.05, 0.1) is 11.6 Å². The number of benzene rings is 2. The number of carbonyl (C=O) groups is 2. The van der Waals surface area contributed by atoms with Crippen LogP contribution >= 0.6 is 0 Å². The number of hydrogen-bond acceptors (Lipinski definition) is 5. The van der Waals surface area contributed by atoms with E-state index in [1.165, 1.54) is 4.90 Å². The highest BCUT2D eigenvalue weighted by Crippen LogP contribution is 2.44. The van der Waals surface area contributed by atoms with Gasteiger partial charge in [-0.25, -0.2) is 0 Å². The Morgan fingerprint density at radius 3 is 2.52 bits per heavy atom. The summed E-state index contributed by atoms with van der Waals surface area (Å²) in [7, 11) is 0. The average molecular weight is 365 g/mol. The lowest BCUT2D eigenvalue weighted by Crippen LogP contribution is -2.31. The molecule has 1 amide bonds. The van der Waals surface area contributed by atoms with E-state index < -0.39 is 17.7 Å². The Morgan fingerprint density at radius 2 is 1.81 bits per heavy atom. The lowest BCUT2D eigenvalue weighted by molar-refractivity contribution is -0.119. The number of aliphatic hydroxyl groups excluding tert-OH is 1. The molecule has 1 atom stereocenters. The molecular weight excluding hydrogens is 346 g/mol. The molecule has 0 spiro atoms. The SMILES string of the molecule is CC(C)C(=O)C1=C(O)C(=O)N(c2ccc3c(c2)OCO3)C1c1ccccc1. The summed E-state index contributed by atoms with van der Waals surface area (Å²) in [6.45, 7) is 3.62. The summed E-state index contributed by atoms with van der Waals surface area (Å²) in [5.74, 6) is -0.588. The molecule has 0 aromatic heterocycles. The molecule has 138 valence electrons. The number of amides is 1. The third-order valence-electron chi connectivity index (χ3n) is 4.75. The predicted molar refractivity (Wildman–Crippen MR) is 98.7 cm³/mol. The lowest BCUT2D eigenvalue weighted by Gasteiger charge is -2.27. The number of anilines is 1. The molecule has 0 fully saturated rings. The summed E-state index contributed by atoms with van der Waals surface area (Å²) in [5.41, 5.74) is 1.40. The Kier molecular flexibility index (Phi) is 4.11. The molecule has 0 saturated carbocycles. The molecule has 6 heteroatoms. The smallest absolute Gasteiger partial charge is 0.294 e. The van der Waals surface area contributed by atoms with Gasteiger partial charge in [0.1, 0.15) is 0 Å². The highest BCUT2D eigenvalue weighted by atomic mass is 16.7. The number of ether oxygens (including phenoxy) is 2. The quantitative estimate of drug-likeness (QED) is 0.897. The van der Waals surface area contributed by atoms with Gasteiger partial charge in [0.2, 0.25) is 6.79 Å². The molecule has 2 aliphatic heterocycles. The second kappa shape index (κ2) is 6.46. The van der Waals surface area contributed by atoms with Crippen molar-refractivity contribution in [2.24, 2.45) is 5.92 Å². The van der Waals surface area contributed by atoms with Crippen LogP contribution in [0.4, 0.5) is 5.69 Å². The minimum Gasteiger partial charge on any atom is -0.503 e. The van der Waals surface area contributed by atoms with Crippen LogP contribution in [0.25, 0.3) is 0 Å². The predicted octanol–water partition coefficient (Wildman–Crippen LogP) is 3.54. The largest absolute Gasteiger partial charge is 0.503 e. The molecule has 2 aliphatic rings. The standard InChI is InChI=1S/C21H19NO5/c1-12(2)19(23)17-18(13-6-4-3-5-7-13)22(21(25)20(17)24)14-8-9-15-16(10-14)27-11-26-15/h3-10,12,18,24H,11H2,1-2H3. The van der Waals surface area contributed by atoms with Crippen LogP contribution < -0.4 is 14.4 Å². The first kappa shape index (κ1) is 17.1. The van der Waals surface area contributed by atoms with E-state index in [9.17, 15) is 14.7 Å². The van der Waals surface area contributed by atoms with Crippen LogP contribution in [-0.4, -0.2) is 23.6 Å². The Labute approximate surface area is 156 Å². The maximum Gasteiger partial charge on any atom is 0.294 e. The van der Waals surface area contributed by atoms with Gasteiger partial charge in [-0.05, 0) is 17.7 Å². The van der Waals surface area contributed by atoms with Crippen molar-refractivity contribution >= 4 is 17.4 Å². The van der Waals surface area contributed by atoms with Gasteiger partial charge in [0.15, 0.2) is 23.0 Å². The monoisotopic (exact) mass is 365 g/mol. The van der Waals surface area contributed by atoms with Gasteiger partial charge >= 0.3 is 0 Å². The lowest BCUT2D eigenvalue weighted by atomic mass is 9.91. The van der Waals surface area contributed by atoms with Crippen molar-refractivity contribution in [3.05, 3.63) is 65.4 Å². The van der Waals surface area contributed by atoms with Crippen molar-refractivity contribution in [3.63, 3.8) is 0 Å². The van der Waals surface area contributed by atoms with Crippen molar-refractivity contribution in [1.82, 2.24) is 0 Å². The number of ketones is 1. The second-order valence-corrected chi connectivity index (χ2v) is 6.81. The summed E-state index contributed by atoms with van der Waals surface area (Å²) in [5, 5.41) is 10.5. The highest BCUT2D eigenvalue weighted by Gasteiger charge is 2.45. The number of aliphatic hydroxyl groups is 1. The van der Waals surface area contributed by atoms with E-state index in [-0.39, 0.29) is 24.1 Å². The van der Waals surface area contributed by atoms with E-state index >= 15 is 0 Å². The van der Waals surface area contributed by atoms with Gasteiger partial charge in [-0.15, -0.1) is 0 Å². The number of Topliss-reactive ketones (excluding diaryl/α,β-unsaturated/α-hetero) is 1. The summed E-state index contributed by atoms with van der Waals surface area (Å²) >= 11 is 0. The van der Waals surface area contributed by atoms with Crippen molar-refractivity contribution in [2.75, 3.05) is 11.7 Å². The molecule has 2 aromatic rings. The van der Waals surface area contributed by atoms with E-state index in [1.807, 2.05) is 30.3 Å². The average Bonchev–Trinajstić information content (AvgIpc) is 3.24. The Morgan fingerprint density at radius 1 is 1.11 bits per heavy atom. The van der Waals surface area contributed by atoms with E-state index in [0.29, 0.717) is 17.2 Å². The normalized spacial score (nSPS) is 18.6. The number of fused-ring (bicyclic) bond motifs is 1. The molecule has 2 aromatic carbocycles.